The number of rotatable bonds is 4. The first-order valence-electron chi connectivity index (χ1n) is 8.04. The highest BCUT2D eigenvalue weighted by Crippen LogP contribution is 2.39. The Kier molecular flexibility index (Phi) is 3.98. The number of H-pyrrole nitrogens is 1. The van der Waals surface area contributed by atoms with Gasteiger partial charge in [-0.3, -0.25) is 19.7 Å². The van der Waals surface area contributed by atoms with Crippen molar-refractivity contribution < 1.29 is 19.6 Å². The number of carboxylic acid groups (broad SMARTS) is 1. The molecule has 1 amide bonds. The molecule has 1 atom stereocenters. The molecule has 132 valence electrons. The molecule has 1 aromatic carbocycles. The number of non-ortho nitro benzene ring substituents is 1. The van der Waals surface area contributed by atoms with Crippen LogP contribution in [0.1, 0.15) is 30.6 Å². The number of amides is 1. The second-order valence-electron chi connectivity index (χ2n) is 6.78. The fourth-order valence-electron chi connectivity index (χ4n) is 3.47. The van der Waals surface area contributed by atoms with Crippen LogP contribution in [0.5, 0.6) is 0 Å². The van der Waals surface area contributed by atoms with Gasteiger partial charge in [0, 0.05) is 42.3 Å². The van der Waals surface area contributed by atoms with Crippen molar-refractivity contribution in [1.29, 1.82) is 0 Å². The van der Waals surface area contributed by atoms with Gasteiger partial charge in [-0.1, -0.05) is 13.8 Å². The maximum atomic E-state index is 12.9. The van der Waals surface area contributed by atoms with Gasteiger partial charge in [-0.25, -0.2) is 0 Å². The Morgan fingerprint density at radius 2 is 2.12 bits per heavy atom. The molecule has 1 aliphatic rings. The molecule has 25 heavy (non-hydrogen) atoms. The van der Waals surface area contributed by atoms with Gasteiger partial charge in [-0.15, -0.1) is 0 Å². The van der Waals surface area contributed by atoms with Crippen LogP contribution < -0.4 is 0 Å². The highest BCUT2D eigenvalue weighted by atomic mass is 16.6. The molecule has 2 aromatic rings. The van der Waals surface area contributed by atoms with Gasteiger partial charge in [-0.2, -0.15) is 0 Å². The molecule has 2 heterocycles. The summed E-state index contributed by atoms with van der Waals surface area (Å²) in [6, 6.07) is 4.29. The normalized spacial score (nSPS) is 20.4. The van der Waals surface area contributed by atoms with Gasteiger partial charge >= 0.3 is 5.97 Å². The molecular formula is C17H19N3O5. The molecule has 2 N–H and O–H groups in total. The van der Waals surface area contributed by atoms with Crippen molar-refractivity contribution in [1.82, 2.24) is 9.88 Å². The third-order valence-electron chi connectivity index (χ3n) is 5.23. The highest BCUT2D eigenvalue weighted by molar-refractivity contribution is 6.07. The van der Waals surface area contributed by atoms with Crippen molar-refractivity contribution in [3.05, 3.63) is 40.1 Å². The molecule has 0 aliphatic carbocycles. The SMILES string of the molecule is CC(C)C1(C(=O)O)CCN(C(=O)c2c[nH]c3ccc([N+](=O)[O-])cc23)C1. The predicted octanol–water partition coefficient (Wildman–Crippen LogP) is 2.65. The summed E-state index contributed by atoms with van der Waals surface area (Å²) in [4.78, 5) is 39.5. The van der Waals surface area contributed by atoms with Gasteiger partial charge in [0.05, 0.1) is 15.9 Å². The number of carboxylic acids is 1. The first-order valence-corrected chi connectivity index (χ1v) is 8.04. The number of hydrogen-bond acceptors (Lipinski definition) is 4. The van der Waals surface area contributed by atoms with E-state index in [-0.39, 0.29) is 24.1 Å². The van der Waals surface area contributed by atoms with Crippen LogP contribution in [0.25, 0.3) is 10.9 Å². The van der Waals surface area contributed by atoms with E-state index in [9.17, 15) is 24.8 Å². The zero-order valence-corrected chi connectivity index (χ0v) is 14.0. The Morgan fingerprint density at radius 3 is 2.68 bits per heavy atom. The number of fused-ring (bicyclic) bond motifs is 1. The van der Waals surface area contributed by atoms with Crippen molar-refractivity contribution in [2.45, 2.75) is 20.3 Å². The number of nitro benzene ring substituents is 1. The second-order valence-corrected chi connectivity index (χ2v) is 6.78. The predicted molar refractivity (Wildman–Crippen MR) is 90.4 cm³/mol. The number of aromatic nitrogens is 1. The first-order chi connectivity index (χ1) is 11.8. The van der Waals surface area contributed by atoms with E-state index in [1.807, 2.05) is 13.8 Å². The minimum Gasteiger partial charge on any atom is -0.481 e. The molecule has 0 radical (unpaired) electrons. The fourth-order valence-corrected chi connectivity index (χ4v) is 3.47. The topological polar surface area (TPSA) is 117 Å². The monoisotopic (exact) mass is 345 g/mol. The number of likely N-dealkylation sites (tertiary alicyclic amines) is 1. The summed E-state index contributed by atoms with van der Waals surface area (Å²) < 4.78 is 0. The van der Waals surface area contributed by atoms with Crippen LogP contribution >= 0.6 is 0 Å². The summed E-state index contributed by atoms with van der Waals surface area (Å²) in [6.45, 7) is 4.18. The van der Waals surface area contributed by atoms with E-state index in [4.69, 9.17) is 0 Å². The maximum absolute atomic E-state index is 12.9. The van der Waals surface area contributed by atoms with Crippen LogP contribution in [0.3, 0.4) is 0 Å². The fraction of sp³-hybridized carbons (Fsp3) is 0.412. The smallest absolute Gasteiger partial charge is 0.311 e. The Balaban J connectivity index is 1.94. The Morgan fingerprint density at radius 1 is 1.40 bits per heavy atom. The quantitative estimate of drug-likeness (QED) is 0.652. The van der Waals surface area contributed by atoms with Crippen molar-refractivity contribution in [2.75, 3.05) is 13.1 Å². The van der Waals surface area contributed by atoms with Crippen LogP contribution in [0.15, 0.2) is 24.4 Å². The largest absolute Gasteiger partial charge is 0.481 e. The molecule has 0 bridgehead atoms. The lowest BCUT2D eigenvalue weighted by molar-refractivity contribution is -0.384. The molecule has 0 spiro atoms. The minimum absolute atomic E-state index is 0.0929. The van der Waals surface area contributed by atoms with Gasteiger partial charge < -0.3 is 15.0 Å². The summed E-state index contributed by atoms with van der Waals surface area (Å²) >= 11 is 0. The number of nitrogens with one attached hydrogen (secondary N) is 1. The third kappa shape index (κ3) is 2.63. The lowest BCUT2D eigenvalue weighted by atomic mass is 9.76. The van der Waals surface area contributed by atoms with E-state index in [2.05, 4.69) is 4.98 Å². The first kappa shape index (κ1) is 16.9. The molecule has 1 unspecified atom stereocenters. The zero-order valence-electron chi connectivity index (χ0n) is 14.0. The standard InChI is InChI=1S/C17H19N3O5/c1-10(2)17(16(22)23)5-6-19(9-17)15(21)13-8-18-14-4-3-11(20(24)25)7-12(13)14/h3-4,7-8,10,18H,5-6,9H2,1-2H3,(H,22,23). The summed E-state index contributed by atoms with van der Waals surface area (Å²) in [5.41, 5.74) is -0.0943. The lowest BCUT2D eigenvalue weighted by Gasteiger charge is -2.28. The van der Waals surface area contributed by atoms with Crippen LogP contribution in [-0.2, 0) is 4.79 Å². The van der Waals surface area contributed by atoms with Crippen LogP contribution in [0.2, 0.25) is 0 Å². The van der Waals surface area contributed by atoms with Crippen molar-refractivity contribution in [3.63, 3.8) is 0 Å². The van der Waals surface area contributed by atoms with Crippen LogP contribution in [-0.4, -0.2) is 44.9 Å². The molecule has 1 fully saturated rings. The van der Waals surface area contributed by atoms with E-state index in [0.717, 1.165) is 0 Å². The lowest BCUT2D eigenvalue weighted by Crippen LogP contribution is -2.40. The van der Waals surface area contributed by atoms with Gasteiger partial charge in [-0.05, 0) is 18.4 Å². The van der Waals surface area contributed by atoms with Gasteiger partial charge in [0.25, 0.3) is 11.6 Å². The van der Waals surface area contributed by atoms with Crippen molar-refractivity contribution in [2.24, 2.45) is 11.3 Å². The Labute approximate surface area is 143 Å². The summed E-state index contributed by atoms with van der Waals surface area (Å²) in [6.07, 6.45) is 1.92. The number of benzene rings is 1. The van der Waals surface area contributed by atoms with Crippen molar-refractivity contribution in [3.8, 4) is 0 Å². The summed E-state index contributed by atoms with van der Waals surface area (Å²) in [5, 5.41) is 21.1. The molecule has 0 saturated carbocycles. The number of hydrogen-bond donors (Lipinski definition) is 2. The molecule has 8 heteroatoms. The number of nitro groups is 1. The van der Waals surface area contributed by atoms with Gasteiger partial charge in [0.15, 0.2) is 0 Å². The molecule has 8 nitrogen and oxygen atoms in total. The summed E-state index contributed by atoms with van der Waals surface area (Å²) in [5.74, 6) is -1.31. The number of carbonyl (C=O) groups is 2. The average molecular weight is 345 g/mol. The van der Waals surface area contributed by atoms with E-state index in [0.29, 0.717) is 29.4 Å². The van der Waals surface area contributed by atoms with Crippen LogP contribution in [0, 0.1) is 21.4 Å². The highest BCUT2D eigenvalue weighted by Gasteiger charge is 2.48. The number of aliphatic carboxylic acids is 1. The van der Waals surface area contributed by atoms with E-state index < -0.39 is 16.3 Å². The van der Waals surface area contributed by atoms with E-state index in [1.165, 1.54) is 23.2 Å². The zero-order chi connectivity index (χ0) is 18.4. The number of carbonyl (C=O) groups excluding carboxylic acids is 1. The number of nitrogens with zero attached hydrogens (tertiary/aromatic N) is 2. The molecule has 1 aliphatic heterocycles. The third-order valence-corrected chi connectivity index (χ3v) is 5.23. The molecule has 3 rings (SSSR count). The van der Waals surface area contributed by atoms with Crippen LogP contribution in [0.4, 0.5) is 5.69 Å². The number of aromatic amines is 1. The van der Waals surface area contributed by atoms with Gasteiger partial charge in [0.2, 0.25) is 0 Å². The summed E-state index contributed by atoms with van der Waals surface area (Å²) in [7, 11) is 0. The van der Waals surface area contributed by atoms with Crippen molar-refractivity contribution >= 4 is 28.5 Å². The second kappa shape index (κ2) is 5.87. The maximum Gasteiger partial charge on any atom is 0.311 e. The Hall–Kier alpha value is -2.90. The van der Waals surface area contributed by atoms with E-state index in [1.54, 1.807) is 6.07 Å². The molecule has 1 aromatic heterocycles. The average Bonchev–Trinajstić information content (AvgIpc) is 3.19. The van der Waals surface area contributed by atoms with Gasteiger partial charge in [0.1, 0.15) is 0 Å². The van der Waals surface area contributed by atoms with E-state index >= 15 is 0 Å². The molecule has 1 saturated heterocycles. The Bertz CT molecular complexity index is 872. The minimum atomic E-state index is -0.951. The molecular weight excluding hydrogens is 326 g/mol.